The number of thiophene rings is 1. The second-order valence-corrected chi connectivity index (χ2v) is 8.00. The van der Waals surface area contributed by atoms with Crippen molar-refractivity contribution in [2.45, 2.75) is 57.3 Å². The van der Waals surface area contributed by atoms with E-state index in [1.807, 2.05) is 6.07 Å². The molecule has 1 fully saturated rings. The fourth-order valence-corrected chi connectivity index (χ4v) is 4.40. The molecule has 2 aromatic rings. The maximum Gasteiger partial charge on any atom is 0.290 e. The number of rotatable bonds is 3. The van der Waals surface area contributed by atoms with Gasteiger partial charge in [0.2, 0.25) is 0 Å². The van der Waals surface area contributed by atoms with Crippen LogP contribution in [0, 0.1) is 0 Å². The van der Waals surface area contributed by atoms with E-state index in [9.17, 15) is 9.59 Å². The standard InChI is InChI=1S/C18H22N4O2S/c23-17(14-10-13(19-20-14)11-7-8-11)21-22-18(24)16-9-12-5-3-1-2-4-6-15(12)25-16/h9-11H,1-8H2,(H,19,20)(H,21,23)(H,22,24). The van der Waals surface area contributed by atoms with Gasteiger partial charge in [-0.15, -0.1) is 11.3 Å². The first-order chi connectivity index (χ1) is 12.2. The van der Waals surface area contributed by atoms with Crippen LogP contribution in [0.3, 0.4) is 0 Å². The van der Waals surface area contributed by atoms with E-state index in [2.05, 4.69) is 21.0 Å². The highest BCUT2D eigenvalue weighted by atomic mass is 32.1. The van der Waals surface area contributed by atoms with Gasteiger partial charge in [0.1, 0.15) is 0 Å². The molecule has 7 heteroatoms. The molecule has 2 amide bonds. The third-order valence-electron chi connectivity index (χ3n) is 4.86. The van der Waals surface area contributed by atoms with Gasteiger partial charge in [0.05, 0.1) is 4.88 Å². The first kappa shape index (κ1) is 16.3. The Labute approximate surface area is 150 Å². The number of nitrogens with one attached hydrogen (secondary N) is 3. The van der Waals surface area contributed by atoms with Crippen LogP contribution < -0.4 is 10.9 Å². The van der Waals surface area contributed by atoms with E-state index >= 15 is 0 Å². The predicted molar refractivity (Wildman–Crippen MR) is 95.7 cm³/mol. The number of aromatic amines is 1. The number of carbonyl (C=O) groups excluding carboxylic acids is 2. The summed E-state index contributed by atoms with van der Waals surface area (Å²) in [5.74, 6) is -0.149. The molecule has 4 rings (SSSR count). The number of H-pyrrole nitrogens is 1. The molecule has 2 heterocycles. The molecular formula is C18H22N4O2S. The Morgan fingerprint density at radius 2 is 1.80 bits per heavy atom. The van der Waals surface area contributed by atoms with Crippen LogP contribution >= 0.6 is 11.3 Å². The Hall–Kier alpha value is -2.15. The number of carbonyl (C=O) groups is 2. The quantitative estimate of drug-likeness (QED) is 0.737. The molecule has 0 aromatic carbocycles. The van der Waals surface area contributed by atoms with Crippen molar-refractivity contribution in [3.05, 3.63) is 38.8 Å². The van der Waals surface area contributed by atoms with E-state index in [0.717, 1.165) is 31.4 Å². The lowest BCUT2D eigenvalue weighted by Gasteiger charge is -2.07. The van der Waals surface area contributed by atoms with Gasteiger partial charge in [0.25, 0.3) is 11.8 Å². The number of fused-ring (bicyclic) bond motifs is 1. The molecule has 2 aliphatic carbocycles. The van der Waals surface area contributed by atoms with Crippen LogP contribution in [0.15, 0.2) is 12.1 Å². The Morgan fingerprint density at radius 3 is 2.60 bits per heavy atom. The molecule has 0 saturated heterocycles. The van der Waals surface area contributed by atoms with E-state index in [0.29, 0.717) is 16.5 Å². The molecule has 0 unspecified atom stereocenters. The number of aryl methyl sites for hydroxylation is 2. The second-order valence-electron chi connectivity index (χ2n) is 6.86. The lowest BCUT2D eigenvalue weighted by atomic mass is 10.00. The van der Waals surface area contributed by atoms with Gasteiger partial charge in [-0.05, 0) is 56.2 Å². The van der Waals surface area contributed by atoms with E-state index in [-0.39, 0.29) is 5.91 Å². The molecule has 3 N–H and O–H groups in total. The molecule has 2 aliphatic rings. The summed E-state index contributed by atoms with van der Waals surface area (Å²) in [6.07, 6.45) is 9.28. The summed E-state index contributed by atoms with van der Waals surface area (Å²) in [6, 6.07) is 3.74. The Kier molecular flexibility index (Phi) is 4.57. The molecule has 132 valence electrons. The number of nitrogens with zero attached hydrogens (tertiary/aromatic N) is 1. The minimum atomic E-state index is -0.397. The Balaban J connectivity index is 1.36. The van der Waals surface area contributed by atoms with Gasteiger partial charge < -0.3 is 0 Å². The van der Waals surface area contributed by atoms with Gasteiger partial charge >= 0.3 is 0 Å². The first-order valence-electron chi connectivity index (χ1n) is 8.98. The summed E-state index contributed by atoms with van der Waals surface area (Å²) < 4.78 is 0. The van der Waals surface area contributed by atoms with Gasteiger partial charge in [-0.1, -0.05) is 12.8 Å². The lowest BCUT2D eigenvalue weighted by molar-refractivity contribution is 0.0846. The summed E-state index contributed by atoms with van der Waals surface area (Å²) >= 11 is 1.54. The van der Waals surface area contributed by atoms with Gasteiger partial charge in [-0.3, -0.25) is 25.5 Å². The van der Waals surface area contributed by atoms with Crippen molar-refractivity contribution < 1.29 is 9.59 Å². The summed E-state index contributed by atoms with van der Waals surface area (Å²) in [6.45, 7) is 0. The van der Waals surface area contributed by atoms with Crippen molar-refractivity contribution in [3.63, 3.8) is 0 Å². The zero-order chi connectivity index (χ0) is 17.2. The number of hydrazine groups is 1. The summed E-state index contributed by atoms with van der Waals surface area (Å²) in [5.41, 5.74) is 7.57. The van der Waals surface area contributed by atoms with Crippen molar-refractivity contribution in [2.75, 3.05) is 0 Å². The summed E-state index contributed by atoms with van der Waals surface area (Å²) in [4.78, 5) is 26.4. The molecule has 0 spiro atoms. The zero-order valence-electron chi connectivity index (χ0n) is 14.1. The van der Waals surface area contributed by atoms with Crippen LogP contribution in [0.2, 0.25) is 0 Å². The minimum Gasteiger partial charge on any atom is -0.281 e. The van der Waals surface area contributed by atoms with E-state index < -0.39 is 5.91 Å². The lowest BCUT2D eigenvalue weighted by Crippen LogP contribution is -2.41. The highest BCUT2D eigenvalue weighted by Gasteiger charge is 2.26. The van der Waals surface area contributed by atoms with E-state index in [1.54, 1.807) is 17.4 Å². The van der Waals surface area contributed by atoms with Crippen LogP contribution in [0.25, 0.3) is 0 Å². The average Bonchev–Trinajstić information content (AvgIpc) is 3.19. The Bertz CT molecular complexity index is 765. The van der Waals surface area contributed by atoms with E-state index in [4.69, 9.17) is 0 Å². The average molecular weight is 358 g/mol. The molecule has 1 saturated carbocycles. The van der Waals surface area contributed by atoms with Gasteiger partial charge in [0, 0.05) is 16.5 Å². The molecule has 25 heavy (non-hydrogen) atoms. The highest BCUT2D eigenvalue weighted by Crippen LogP contribution is 2.38. The number of hydrogen-bond acceptors (Lipinski definition) is 4. The van der Waals surface area contributed by atoms with Crippen molar-refractivity contribution in [1.82, 2.24) is 21.0 Å². The SMILES string of the molecule is O=C(NNC(=O)c1cc2c(s1)CCCCCC2)c1cc(C2CC2)[nH]n1. The molecular weight excluding hydrogens is 336 g/mol. The minimum absolute atomic E-state index is 0.261. The predicted octanol–water partition coefficient (Wildman–Crippen LogP) is 3.08. The monoisotopic (exact) mass is 358 g/mol. The highest BCUT2D eigenvalue weighted by molar-refractivity contribution is 7.14. The van der Waals surface area contributed by atoms with Crippen molar-refractivity contribution in [1.29, 1.82) is 0 Å². The number of hydrogen-bond donors (Lipinski definition) is 3. The third-order valence-corrected chi connectivity index (χ3v) is 6.09. The first-order valence-corrected chi connectivity index (χ1v) is 9.80. The largest absolute Gasteiger partial charge is 0.290 e. The molecule has 0 radical (unpaired) electrons. The van der Waals surface area contributed by atoms with Crippen LogP contribution in [-0.2, 0) is 12.8 Å². The van der Waals surface area contributed by atoms with Crippen LogP contribution in [0.5, 0.6) is 0 Å². The maximum absolute atomic E-state index is 12.3. The van der Waals surface area contributed by atoms with Gasteiger partial charge in [0.15, 0.2) is 5.69 Å². The normalized spacial score (nSPS) is 17.3. The smallest absolute Gasteiger partial charge is 0.281 e. The molecule has 6 nitrogen and oxygen atoms in total. The second kappa shape index (κ2) is 7.00. The topological polar surface area (TPSA) is 86.9 Å². The number of amides is 2. The fraction of sp³-hybridized carbons (Fsp3) is 0.500. The van der Waals surface area contributed by atoms with Crippen LogP contribution in [0.1, 0.15) is 80.7 Å². The van der Waals surface area contributed by atoms with Crippen molar-refractivity contribution in [2.24, 2.45) is 0 Å². The summed E-state index contributed by atoms with van der Waals surface area (Å²) in [7, 11) is 0. The van der Waals surface area contributed by atoms with Crippen molar-refractivity contribution in [3.8, 4) is 0 Å². The fourth-order valence-electron chi connectivity index (χ4n) is 3.25. The molecule has 0 atom stereocenters. The van der Waals surface area contributed by atoms with Crippen molar-refractivity contribution >= 4 is 23.2 Å². The zero-order valence-corrected chi connectivity index (χ0v) is 14.9. The van der Waals surface area contributed by atoms with Crippen LogP contribution in [0.4, 0.5) is 0 Å². The molecule has 0 bridgehead atoms. The van der Waals surface area contributed by atoms with Gasteiger partial charge in [-0.25, -0.2) is 0 Å². The molecule has 0 aliphatic heterocycles. The van der Waals surface area contributed by atoms with Gasteiger partial charge in [-0.2, -0.15) is 5.10 Å². The Morgan fingerprint density at radius 1 is 1.04 bits per heavy atom. The molecule has 2 aromatic heterocycles. The maximum atomic E-state index is 12.3. The third kappa shape index (κ3) is 3.76. The van der Waals surface area contributed by atoms with Crippen LogP contribution in [-0.4, -0.2) is 22.0 Å². The van der Waals surface area contributed by atoms with E-state index in [1.165, 1.54) is 36.1 Å². The summed E-state index contributed by atoms with van der Waals surface area (Å²) in [5, 5.41) is 6.91. The number of aromatic nitrogens is 2.